The summed E-state index contributed by atoms with van der Waals surface area (Å²) in [5.41, 5.74) is 0.606. The Hall–Kier alpha value is -0.880. The van der Waals surface area contributed by atoms with Gasteiger partial charge in [0.05, 0.1) is 0 Å². The summed E-state index contributed by atoms with van der Waals surface area (Å²) in [5.74, 6) is -0.243. The Morgan fingerprint density at radius 2 is 2.25 bits per heavy atom. The fourth-order valence-corrected chi connectivity index (χ4v) is 1.23. The Morgan fingerprint density at radius 1 is 1.50 bits per heavy atom. The van der Waals surface area contributed by atoms with Crippen molar-refractivity contribution in [1.29, 1.82) is 0 Å². The average molecular weight is 228 g/mol. The van der Waals surface area contributed by atoms with Gasteiger partial charge in [0.15, 0.2) is 0 Å². The molecule has 0 aliphatic carbocycles. The zero-order valence-corrected chi connectivity index (χ0v) is 7.94. The van der Waals surface area contributed by atoms with Crippen LogP contribution < -0.4 is 0 Å². The van der Waals surface area contributed by atoms with Crippen molar-refractivity contribution in [1.82, 2.24) is 0 Å². The molecule has 0 heterocycles. The lowest BCUT2D eigenvalue weighted by atomic mass is 10.1. The summed E-state index contributed by atoms with van der Waals surface area (Å²) in [5, 5.41) is 0. The van der Waals surface area contributed by atoms with Crippen molar-refractivity contribution in [3.63, 3.8) is 0 Å². The van der Waals surface area contributed by atoms with Gasteiger partial charge in [0.25, 0.3) is 0 Å². The molecule has 1 aromatic carbocycles. The first-order chi connectivity index (χ1) is 5.74. The van der Waals surface area contributed by atoms with Crippen molar-refractivity contribution in [2.24, 2.45) is 0 Å². The van der Waals surface area contributed by atoms with Gasteiger partial charge in [0, 0.05) is 10.9 Å². The first kappa shape index (κ1) is 9.21. The van der Waals surface area contributed by atoms with Crippen LogP contribution in [0.25, 0.3) is 4.85 Å². The summed E-state index contributed by atoms with van der Waals surface area (Å²) >= 11 is 3.16. The first-order valence-electron chi connectivity index (χ1n) is 3.51. The van der Waals surface area contributed by atoms with Gasteiger partial charge in [-0.25, -0.2) is 11.0 Å². The lowest BCUT2D eigenvalue weighted by Gasteiger charge is -1.98. The molecule has 0 saturated carbocycles. The van der Waals surface area contributed by atoms with Gasteiger partial charge < -0.3 is 4.85 Å². The normalized spacial score (nSPS) is 9.42. The van der Waals surface area contributed by atoms with Crippen LogP contribution in [0.3, 0.4) is 0 Å². The molecule has 0 aliphatic heterocycles. The van der Waals surface area contributed by atoms with E-state index in [0.29, 0.717) is 18.5 Å². The number of benzene rings is 1. The smallest absolute Gasteiger partial charge is 0.218 e. The Bertz CT molecular complexity index is 317. The first-order valence-corrected chi connectivity index (χ1v) is 4.30. The third kappa shape index (κ3) is 2.31. The summed E-state index contributed by atoms with van der Waals surface area (Å²) < 4.78 is 13.8. The van der Waals surface area contributed by atoms with Gasteiger partial charge in [-0.15, -0.1) is 0 Å². The highest BCUT2D eigenvalue weighted by molar-refractivity contribution is 9.10. The van der Waals surface area contributed by atoms with Crippen LogP contribution in [-0.4, -0.2) is 6.54 Å². The zero-order chi connectivity index (χ0) is 8.97. The molecular formula is C9H7BrFN. The topological polar surface area (TPSA) is 4.36 Å². The number of hydrogen-bond donors (Lipinski definition) is 0. The molecule has 62 valence electrons. The quantitative estimate of drug-likeness (QED) is 0.685. The molecular weight excluding hydrogens is 221 g/mol. The minimum absolute atomic E-state index is 0.243. The van der Waals surface area contributed by atoms with Crippen molar-refractivity contribution < 1.29 is 4.39 Å². The summed E-state index contributed by atoms with van der Waals surface area (Å²) in [4.78, 5) is 3.17. The molecule has 3 heteroatoms. The molecule has 0 aliphatic rings. The predicted molar refractivity (Wildman–Crippen MR) is 49.3 cm³/mol. The Kier molecular flexibility index (Phi) is 3.24. The van der Waals surface area contributed by atoms with Crippen LogP contribution in [0.5, 0.6) is 0 Å². The Labute approximate surface area is 79.2 Å². The van der Waals surface area contributed by atoms with Crippen LogP contribution in [0.15, 0.2) is 22.7 Å². The van der Waals surface area contributed by atoms with Crippen LogP contribution in [-0.2, 0) is 6.42 Å². The monoisotopic (exact) mass is 227 g/mol. The number of nitrogens with zero attached hydrogens (tertiary/aromatic N) is 1. The average Bonchev–Trinajstić information content (AvgIpc) is 2.03. The molecule has 0 saturated heterocycles. The van der Waals surface area contributed by atoms with Gasteiger partial charge in [-0.1, -0.05) is 22.0 Å². The van der Waals surface area contributed by atoms with Crippen LogP contribution in [0.2, 0.25) is 0 Å². The zero-order valence-electron chi connectivity index (χ0n) is 6.35. The highest BCUT2D eigenvalue weighted by Gasteiger charge is 2.02. The predicted octanol–water partition coefficient (Wildman–Crippen LogP) is 3.05. The van der Waals surface area contributed by atoms with E-state index in [9.17, 15) is 4.39 Å². The molecule has 0 bridgehead atoms. The van der Waals surface area contributed by atoms with Crippen LogP contribution in [0.4, 0.5) is 4.39 Å². The number of halogens is 2. The molecule has 1 aromatic rings. The van der Waals surface area contributed by atoms with E-state index in [1.807, 2.05) is 0 Å². The van der Waals surface area contributed by atoms with Crippen molar-refractivity contribution in [3.8, 4) is 0 Å². The molecule has 0 amide bonds. The molecule has 0 spiro atoms. The largest absolute Gasteiger partial charge is 0.317 e. The molecule has 12 heavy (non-hydrogen) atoms. The second-order valence-corrected chi connectivity index (χ2v) is 3.28. The molecule has 0 radical (unpaired) electrons. The van der Waals surface area contributed by atoms with E-state index < -0.39 is 0 Å². The van der Waals surface area contributed by atoms with Gasteiger partial charge in [-0.05, 0) is 17.7 Å². The lowest BCUT2D eigenvalue weighted by molar-refractivity contribution is 0.610. The van der Waals surface area contributed by atoms with Crippen molar-refractivity contribution >= 4 is 15.9 Å². The second kappa shape index (κ2) is 4.22. The van der Waals surface area contributed by atoms with Crippen LogP contribution in [0.1, 0.15) is 5.56 Å². The molecule has 0 fully saturated rings. The van der Waals surface area contributed by atoms with Crippen LogP contribution in [0, 0.1) is 12.4 Å². The molecule has 0 N–H and O–H groups in total. The lowest BCUT2D eigenvalue weighted by Crippen LogP contribution is -1.92. The van der Waals surface area contributed by atoms with Crippen molar-refractivity contribution in [2.75, 3.05) is 6.54 Å². The molecule has 0 atom stereocenters. The fraction of sp³-hybridized carbons (Fsp3) is 0.222. The summed E-state index contributed by atoms with van der Waals surface area (Å²) in [6.45, 7) is 6.90. The minimum atomic E-state index is -0.243. The van der Waals surface area contributed by atoms with Gasteiger partial charge in [-0.2, -0.15) is 0 Å². The van der Waals surface area contributed by atoms with Crippen molar-refractivity contribution in [2.45, 2.75) is 6.42 Å². The van der Waals surface area contributed by atoms with Gasteiger partial charge in [0.2, 0.25) is 6.54 Å². The van der Waals surface area contributed by atoms with E-state index in [0.717, 1.165) is 4.47 Å². The maximum atomic E-state index is 13.0. The summed E-state index contributed by atoms with van der Waals surface area (Å²) in [7, 11) is 0. The highest BCUT2D eigenvalue weighted by Crippen LogP contribution is 2.15. The molecule has 1 rings (SSSR count). The maximum absolute atomic E-state index is 13.0. The molecule has 0 unspecified atom stereocenters. The van der Waals surface area contributed by atoms with Gasteiger partial charge in [0.1, 0.15) is 5.82 Å². The maximum Gasteiger partial charge on any atom is 0.218 e. The van der Waals surface area contributed by atoms with E-state index >= 15 is 0 Å². The van der Waals surface area contributed by atoms with E-state index in [1.54, 1.807) is 12.1 Å². The van der Waals surface area contributed by atoms with E-state index in [-0.39, 0.29) is 5.82 Å². The number of rotatable bonds is 2. The SMILES string of the molecule is [C-]#[N+]CCc1ccc(Br)cc1F. The van der Waals surface area contributed by atoms with Gasteiger partial charge >= 0.3 is 0 Å². The Balaban J connectivity index is 2.81. The van der Waals surface area contributed by atoms with Crippen LogP contribution >= 0.6 is 15.9 Å². The molecule has 0 aromatic heterocycles. The summed E-state index contributed by atoms with van der Waals surface area (Å²) in [6.07, 6.45) is 0.489. The van der Waals surface area contributed by atoms with Gasteiger partial charge in [-0.3, -0.25) is 0 Å². The second-order valence-electron chi connectivity index (χ2n) is 2.37. The van der Waals surface area contributed by atoms with E-state index in [1.165, 1.54) is 6.07 Å². The van der Waals surface area contributed by atoms with E-state index in [4.69, 9.17) is 6.57 Å². The minimum Gasteiger partial charge on any atom is -0.317 e. The summed E-state index contributed by atoms with van der Waals surface area (Å²) in [6, 6.07) is 4.90. The fourth-order valence-electron chi connectivity index (χ4n) is 0.901. The highest BCUT2D eigenvalue weighted by atomic mass is 79.9. The van der Waals surface area contributed by atoms with E-state index in [2.05, 4.69) is 20.8 Å². The van der Waals surface area contributed by atoms with Crippen molar-refractivity contribution in [3.05, 3.63) is 45.5 Å². The standard InChI is InChI=1S/C9H7BrFN/c1-12-5-4-7-2-3-8(10)6-9(7)11/h2-3,6H,4-5H2. The Morgan fingerprint density at radius 3 is 2.83 bits per heavy atom. The third-order valence-electron chi connectivity index (χ3n) is 1.51. The molecule has 1 nitrogen and oxygen atoms in total. The third-order valence-corrected chi connectivity index (χ3v) is 2.00. The number of hydrogen-bond acceptors (Lipinski definition) is 0.